The van der Waals surface area contributed by atoms with Gasteiger partial charge in [0.15, 0.2) is 0 Å². The molecule has 4 rings (SSSR count). The predicted molar refractivity (Wildman–Crippen MR) is 92.7 cm³/mol. The summed E-state index contributed by atoms with van der Waals surface area (Å²) >= 11 is 11.8. The average molecular weight is 373 g/mol. The van der Waals surface area contributed by atoms with Crippen LogP contribution in [0.4, 0.5) is 4.79 Å². The summed E-state index contributed by atoms with van der Waals surface area (Å²) in [6.07, 6.45) is 2.02. The van der Waals surface area contributed by atoms with Crippen LogP contribution in [0.2, 0.25) is 10.3 Å². The molecule has 1 amide bonds. The third-order valence-electron chi connectivity index (χ3n) is 4.46. The fraction of sp³-hybridized carbons (Fsp3) is 0.647. The van der Waals surface area contributed by atoms with Crippen molar-refractivity contribution in [2.45, 2.75) is 45.3 Å². The van der Waals surface area contributed by atoms with Crippen LogP contribution in [0.15, 0.2) is 12.1 Å². The average Bonchev–Trinajstić information content (AvgIpc) is 2.41. The molecule has 7 heteroatoms. The van der Waals surface area contributed by atoms with Crippen LogP contribution in [0.5, 0.6) is 5.75 Å². The molecule has 5 nitrogen and oxygen atoms in total. The van der Waals surface area contributed by atoms with Crippen molar-refractivity contribution < 1.29 is 14.3 Å². The number of amides is 1. The Labute approximate surface area is 152 Å². The number of piperidine rings is 2. The van der Waals surface area contributed by atoms with Crippen LogP contribution in [0.3, 0.4) is 0 Å². The monoisotopic (exact) mass is 372 g/mol. The lowest BCUT2D eigenvalue weighted by Crippen LogP contribution is -2.60. The predicted octanol–water partition coefficient (Wildman–Crippen LogP) is 4.41. The Morgan fingerprint density at radius 1 is 1.29 bits per heavy atom. The van der Waals surface area contributed by atoms with Gasteiger partial charge in [0.25, 0.3) is 0 Å². The van der Waals surface area contributed by atoms with E-state index >= 15 is 0 Å². The van der Waals surface area contributed by atoms with Crippen LogP contribution >= 0.6 is 23.2 Å². The Morgan fingerprint density at radius 3 is 2.50 bits per heavy atom. The van der Waals surface area contributed by atoms with Gasteiger partial charge in [-0.05, 0) is 45.4 Å². The molecule has 2 saturated heterocycles. The number of carbonyl (C=O) groups excluding carboxylic acids is 1. The molecule has 2 bridgehead atoms. The zero-order valence-electron chi connectivity index (χ0n) is 14.1. The summed E-state index contributed by atoms with van der Waals surface area (Å²) < 4.78 is 11.4. The molecule has 1 unspecified atom stereocenters. The SMILES string of the molecule is CC(C)(C)OC(=O)N1CC2CC(C2)C1COc1cc(Cl)nc(Cl)c1. The molecule has 0 aromatic carbocycles. The molecule has 1 atom stereocenters. The minimum Gasteiger partial charge on any atom is -0.491 e. The Kier molecular flexibility index (Phi) is 4.85. The molecule has 1 aromatic rings. The summed E-state index contributed by atoms with van der Waals surface area (Å²) in [5, 5.41) is 0.572. The molecular weight excluding hydrogens is 351 g/mol. The smallest absolute Gasteiger partial charge is 0.410 e. The quantitative estimate of drug-likeness (QED) is 0.737. The Bertz CT molecular complexity index is 607. The number of pyridine rings is 1. The fourth-order valence-corrected chi connectivity index (χ4v) is 3.82. The molecule has 0 radical (unpaired) electrons. The van der Waals surface area contributed by atoms with Crippen molar-refractivity contribution in [3.05, 3.63) is 22.4 Å². The first-order chi connectivity index (χ1) is 11.2. The van der Waals surface area contributed by atoms with E-state index in [1.165, 1.54) is 0 Å². The number of halogens is 2. The second-order valence-corrected chi connectivity index (χ2v) is 8.33. The number of aromatic nitrogens is 1. The van der Waals surface area contributed by atoms with Gasteiger partial charge in [-0.2, -0.15) is 0 Å². The van der Waals surface area contributed by atoms with Crippen LogP contribution in [0, 0.1) is 11.8 Å². The molecular formula is C17H22Cl2N2O3. The maximum atomic E-state index is 12.5. The number of ether oxygens (including phenoxy) is 2. The largest absolute Gasteiger partial charge is 0.491 e. The van der Waals surface area contributed by atoms with E-state index in [0.29, 0.717) is 24.2 Å². The summed E-state index contributed by atoms with van der Waals surface area (Å²) in [5.41, 5.74) is -0.504. The zero-order valence-corrected chi connectivity index (χ0v) is 15.6. The van der Waals surface area contributed by atoms with E-state index < -0.39 is 5.60 Å². The topological polar surface area (TPSA) is 51.7 Å². The normalized spacial score (nSPS) is 25.9. The summed E-state index contributed by atoms with van der Waals surface area (Å²) in [5.74, 6) is 1.61. The summed E-state index contributed by atoms with van der Waals surface area (Å²) in [6.45, 7) is 6.76. The highest BCUT2D eigenvalue weighted by molar-refractivity contribution is 6.32. The van der Waals surface area contributed by atoms with Crippen LogP contribution in [0.1, 0.15) is 33.6 Å². The second kappa shape index (κ2) is 6.60. The third-order valence-corrected chi connectivity index (χ3v) is 4.84. The maximum absolute atomic E-state index is 12.5. The Balaban J connectivity index is 1.68. The van der Waals surface area contributed by atoms with Crippen molar-refractivity contribution in [2.75, 3.05) is 13.2 Å². The van der Waals surface area contributed by atoms with E-state index in [4.69, 9.17) is 32.7 Å². The summed E-state index contributed by atoms with van der Waals surface area (Å²) in [7, 11) is 0. The summed E-state index contributed by atoms with van der Waals surface area (Å²) in [4.78, 5) is 18.2. The van der Waals surface area contributed by atoms with Crippen LogP contribution in [-0.2, 0) is 4.74 Å². The lowest BCUT2D eigenvalue weighted by atomic mass is 9.67. The van der Waals surface area contributed by atoms with Gasteiger partial charge in [-0.15, -0.1) is 0 Å². The first-order valence-corrected chi connectivity index (χ1v) is 8.92. The molecule has 0 N–H and O–H groups in total. The van der Waals surface area contributed by atoms with Crippen molar-refractivity contribution in [3.63, 3.8) is 0 Å². The van der Waals surface area contributed by atoms with Gasteiger partial charge in [0, 0.05) is 18.7 Å². The number of fused-ring (bicyclic) bond motifs is 2. The van der Waals surface area contributed by atoms with Crippen molar-refractivity contribution in [3.8, 4) is 5.75 Å². The molecule has 1 aliphatic carbocycles. The molecule has 3 fully saturated rings. The zero-order chi connectivity index (χ0) is 17.5. The molecule has 3 heterocycles. The van der Waals surface area contributed by atoms with E-state index in [9.17, 15) is 4.79 Å². The van der Waals surface area contributed by atoms with Gasteiger partial charge in [0.1, 0.15) is 28.3 Å². The second-order valence-electron chi connectivity index (χ2n) is 7.56. The van der Waals surface area contributed by atoms with Gasteiger partial charge >= 0.3 is 6.09 Å². The van der Waals surface area contributed by atoms with Gasteiger partial charge in [0.2, 0.25) is 0 Å². The van der Waals surface area contributed by atoms with E-state index in [2.05, 4.69) is 4.98 Å². The lowest BCUT2D eigenvalue weighted by Gasteiger charge is -2.52. The number of hydrogen-bond donors (Lipinski definition) is 0. The molecule has 0 spiro atoms. The lowest BCUT2D eigenvalue weighted by molar-refractivity contribution is -0.0600. The Morgan fingerprint density at radius 2 is 1.92 bits per heavy atom. The van der Waals surface area contributed by atoms with Crippen molar-refractivity contribution in [1.29, 1.82) is 0 Å². The van der Waals surface area contributed by atoms with Gasteiger partial charge in [-0.1, -0.05) is 23.2 Å². The summed E-state index contributed by atoms with van der Waals surface area (Å²) in [6, 6.07) is 3.26. The molecule has 1 saturated carbocycles. The standard InChI is InChI=1S/C17H22Cl2N2O3/c1-17(2,3)24-16(22)21-8-10-4-11(5-10)13(21)9-23-12-6-14(18)20-15(19)7-12/h6-7,10-11,13H,4-5,8-9H2,1-3H3. The number of rotatable bonds is 3. The van der Waals surface area contributed by atoms with Crippen LogP contribution in [-0.4, -0.2) is 40.8 Å². The first-order valence-electron chi connectivity index (χ1n) is 8.17. The van der Waals surface area contributed by atoms with E-state index in [0.717, 1.165) is 19.4 Å². The fourth-order valence-electron chi connectivity index (χ4n) is 3.38. The number of hydrogen-bond acceptors (Lipinski definition) is 4. The minimum atomic E-state index is -0.504. The Hall–Kier alpha value is -1.20. The van der Waals surface area contributed by atoms with Crippen molar-refractivity contribution in [2.24, 2.45) is 11.8 Å². The molecule has 2 aliphatic heterocycles. The van der Waals surface area contributed by atoms with Crippen molar-refractivity contribution >= 4 is 29.3 Å². The van der Waals surface area contributed by atoms with Gasteiger partial charge in [-0.25, -0.2) is 9.78 Å². The van der Waals surface area contributed by atoms with E-state index in [-0.39, 0.29) is 22.4 Å². The molecule has 3 aliphatic rings. The highest BCUT2D eigenvalue weighted by Gasteiger charge is 2.47. The molecule has 132 valence electrons. The third kappa shape index (κ3) is 4.06. The van der Waals surface area contributed by atoms with Crippen LogP contribution < -0.4 is 4.74 Å². The number of nitrogens with zero attached hydrogens (tertiary/aromatic N) is 2. The van der Waals surface area contributed by atoms with Crippen molar-refractivity contribution in [1.82, 2.24) is 9.88 Å². The molecule has 1 aromatic heterocycles. The minimum absolute atomic E-state index is 0.00978. The van der Waals surface area contributed by atoms with E-state index in [1.807, 2.05) is 25.7 Å². The highest BCUT2D eigenvalue weighted by Crippen LogP contribution is 2.44. The van der Waals surface area contributed by atoms with Gasteiger partial charge in [-0.3, -0.25) is 0 Å². The van der Waals surface area contributed by atoms with Gasteiger partial charge < -0.3 is 14.4 Å². The van der Waals surface area contributed by atoms with Crippen LogP contribution in [0.25, 0.3) is 0 Å². The number of carbonyl (C=O) groups is 1. The van der Waals surface area contributed by atoms with E-state index in [1.54, 1.807) is 12.1 Å². The first kappa shape index (κ1) is 17.6. The van der Waals surface area contributed by atoms with Gasteiger partial charge in [0.05, 0.1) is 6.04 Å². The highest BCUT2D eigenvalue weighted by atomic mass is 35.5. The maximum Gasteiger partial charge on any atom is 0.410 e. The molecule has 24 heavy (non-hydrogen) atoms.